The van der Waals surface area contributed by atoms with Crippen LogP contribution in [0.3, 0.4) is 0 Å². The van der Waals surface area contributed by atoms with E-state index in [1.807, 2.05) is 0 Å². The fourth-order valence-corrected chi connectivity index (χ4v) is 1.86. The van der Waals surface area contributed by atoms with Crippen LogP contribution < -0.4 is 0 Å². The maximum atomic E-state index is 11.2. The van der Waals surface area contributed by atoms with E-state index in [1.54, 1.807) is 0 Å². The Bertz CT molecular complexity index is 172. The monoisotopic (exact) mass is 260 g/mol. The minimum Gasteiger partial charge on any atom is -0.466 e. The molecule has 0 aromatic carbocycles. The average Bonchev–Trinajstić information content (AvgIpc) is 2.33. The van der Waals surface area contributed by atoms with Gasteiger partial charge in [0.15, 0.2) is 0 Å². The molecule has 0 bridgehead atoms. The summed E-state index contributed by atoms with van der Waals surface area (Å²) < 4.78 is 5.05. The molecular formula is C14H28O2S. The van der Waals surface area contributed by atoms with Crippen LogP contribution in [0.5, 0.6) is 0 Å². The van der Waals surface area contributed by atoms with Crippen molar-refractivity contribution >= 4 is 18.6 Å². The van der Waals surface area contributed by atoms with Gasteiger partial charge in [-0.15, -0.1) is 0 Å². The van der Waals surface area contributed by atoms with Crippen LogP contribution in [0.15, 0.2) is 0 Å². The Morgan fingerprint density at radius 2 is 1.53 bits per heavy atom. The van der Waals surface area contributed by atoms with E-state index in [9.17, 15) is 4.79 Å². The first kappa shape index (κ1) is 16.8. The summed E-state index contributed by atoms with van der Waals surface area (Å²) >= 11 is 4.06. The number of hydrogen-bond acceptors (Lipinski definition) is 3. The molecule has 0 aliphatic carbocycles. The fourth-order valence-electron chi connectivity index (χ4n) is 1.73. The van der Waals surface area contributed by atoms with Crippen molar-refractivity contribution in [2.24, 2.45) is 0 Å². The predicted octanol–water partition coefficient (Wildman–Crippen LogP) is 4.38. The molecule has 102 valence electrons. The van der Waals surface area contributed by atoms with E-state index in [0.717, 1.165) is 25.0 Å². The van der Waals surface area contributed by atoms with Crippen LogP contribution in [-0.4, -0.2) is 18.3 Å². The summed E-state index contributed by atoms with van der Waals surface area (Å²) in [4.78, 5) is 11.2. The highest BCUT2D eigenvalue weighted by molar-refractivity contribution is 7.80. The number of ether oxygens (including phenoxy) is 1. The lowest BCUT2D eigenvalue weighted by atomic mass is 10.1. The third-order valence-electron chi connectivity index (χ3n) is 2.80. The van der Waals surface area contributed by atoms with Gasteiger partial charge in [0, 0.05) is 6.42 Å². The number of esters is 1. The Hall–Kier alpha value is -0.180. The topological polar surface area (TPSA) is 26.3 Å². The Morgan fingerprint density at radius 1 is 0.941 bits per heavy atom. The molecule has 2 nitrogen and oxygen atoms in total. The number of thiol groups is 1. The minimum atomic E-state index is -0.0437. The number of unbranched alkanes of at least 4 members (excludes halogenated alkanes) is 7. The van der Waals surface area contributed by atoms with Gasteiger partial charge < -0.3 is 4.74 Å². The molecule has 0 heterocycles. The molecule has 0 fully saturated rings. The van der Waals surface area contributed by atoms with Crippen molar-refractivity contribution in [3.63, 3.8) is 0 Å². The van der Waals surface area contributed by atoms with E-state index < -0.39 is 0 Å². The van der Waals surface area contributed by atoms with Crippen LogP contribution in [0.1, 0.15) is 71.1 Å². The van der Waals surface area contributed by atoms with Crippen LogP contribution >= 0.6 is 12.6 Å². The normalized spacial score (nSPS) is 10.5. The Morgan fingerprint density at radius 3 is 2.12 bits per heavy atom. The van der Waals surface area contributed by atoms with E-state index in [2.05, 4.69) is 19.6 Å². The Balaban J connectivity index is 3.08. The van der Waals surface area contributed by atoms with Gasteiger partial charge in [-0.2, -0.15) is 12.6 Å². The van der Waals surface area contributed by atoms with Gasteiger partial charge in [0.25, 0.3) is 0 Å². The molecule has 0 saturated carbocycles. The molecular weight excluding hydrogens is 232 g/mol. The molecule has 0 N–H and O–H groups in total. The Labute approximate surface area is 112 Å². The smallest absolute Gasteiger partial charge is 0.305 e. The van der Waals surface area contributed by atoms with Crippen molar-refractivity contribution in [3.05, 3.63) is 0 Å². The average molecular weight is 260 g/mol. The van der Waals surface area contributed by atoms with Gasteiger partial charge in [-0.25, -0.2) is 0 Å². The van der Waals surface area contributed by atoms with E-state index in [1.165, 1.54) is 38.5 Å². The van der Waals surface area contributed by atoms with Crippen molar-refractivity contribution in [1.29, 1.82) is 0 Å². The van der Waals surface area contributed by atoms with Crippen LogP contribution in [-0.2, 0) is 9.53 Å². The predicted molar refractivity (Wildman–Crippen MR) is 76.7 cm³/mol. The van der Waals surface area contributed by atoms with Crippen LogP contribution in [0.2, 0.25) is 0 Å². The first-order valence-electron chi connectivity index (χ1n) is 7.07. The maximum Gasteiger partial charge on any atom is 0.305 e. The van der Waals surface area contributed by atoms with E-state index >= 15 is 0 Å². The molecule has 0 aliphatic heterocycles. The molecule has 0 aromatic heterocycles. The number of hydrogen-bond donors (Lipinski definition) is 1. The second-order valence-corrected chi connectivity index (χ2v) is 4.97. The van der Waals surface area contributed by atoms with Crippen LogP contribution in [0.4, 0.5) is 0 Å². The molecule has 0 saturated heterocycles. The largest absolute Gasteiger partial charge is 0.466 e. The molecule has 0 rings (SSSR count). The zero-order chi connectivity index (χ0) is 12.8. The number of carbonyl (C=O) groups is 1. The van der Waals surface area contributed by atoms with Crippen molar-refractivity contribution in [2.75, 3.05) is 12.4 Å². The van der Waals surface area contributed by atoms with E-state index in [-0.39, 0.29) is 5.97 Å². The molecule has 17 heavy (non-hydrogen) atoms. The van der Waals surface area contributed by atoms with Gasteiger partial charge in [0.2, 0.25) is 0 Å². The quantitative estimate of drug-likeness (QED) is 0.320. The first-order chi connectivity index (χ1) is 8.31. The SMILES string of the molecule is CCCCCCCCCCC(=O)OCCCS. The highest BCUT2D eigenvalue weighted by Crippen LogP contribution is 2.09. The van der Waals surface area contributed by atoms with Gasteiger partial charge >= 0.3 is 5.97 Å². The standard InChI is InChI=1S/C14H28O2S/c1-2-3-4-5-6-7-8-9-11-14(15)16-12-10-13-17/h17H,2-13H2,1H3. The summed E-state index contributed by atoms with van der Waals surface area (Å²) in [5.74, 6) is 0.739. The Kier molecular flexibility index (Phi) is 13.7. The van der Waals surface area contributed by atoms with Gasteiger partial charge in [-0.05, 0) is 18.6 Å². The third kappa shape index (κ3) is 13.8. The van der Waals surface area contributed by atoms with Gasteiger partial charge in [0.05, 0.1) is 6.61 Å². The van der Waals surface area contributed by atoms with Gasteiger partial charge in [-0.3, -0.25) is 4.79 Å². The summed E-state index contributed by atoms with van der Waals surface area (Å²) in [5.41, 5.74) is 0. The van der Waals surface area contributed by atoms with Crippen molar-refractivity contribution < 1.29 is 9.53 Å². The summed E-state index contributed by atoms with van der Waals surface area (Å²) in [5, 5.41) is 0. The minimum absolute atomic E-state index is 0.0437. The lowest BCUT2D eigenvalue weighted by Crippen LogP contribution is -2.05. The van der Waals surface area contributed by atoms with Gasteiger partial charge in [0.1, 0.15) is 0 Å². The zero-order valence-electron chi connectivity index (χ0n) is 11.2. The van der Waals surface area contributed by atoms with Gasteiger partial charge in [-0.1, -0.05) is 51.9 Å². The third-order valence-corrected chi connectivity index (χ3v) is 3.12. The number of carbonyl (C=O) groups excluding carboxylic acids is 1. The zero-order valence-corrected chi connectivity index (χ0v) is 12.1. The van der Waals surface area contributed by atoms with Crippen LogP contribution in [0, 0.1) is 0 Å². The lowest BCUT2D eigenvalue weighted by Gasteiger charge is -2.03. The number of rotatable bonds is 12. The summed E-state index contributed by atoms with van der Waals surface area (Å²) in [6, 6.07) is 0. The molecule has 0 aromatic rings. The molecule has 0 amide bonds. The summed E-state index contributed by atoms with van der Waals surface area (Å²) in [7, 11) is 0. The molecule has 0 spiro atoms. The molecule has 0 atom stereocenters. The second kappa shape index (κ2) is 13.9. The summed E-state index contributed by atoms with van der Waals surface area (Å²) in [6.07, 6.45) is 11.5. The molecule has 0 aliphatic rings. The maximum absolute atomic E-state index is 11.2. The molecule has 0 unspecified atom stereocenters. The molecule has 0 radical (unpaired) electrons. The van der Waals surface area contributed by atoms with Crippen LogP contribution in [0.25, 0.3) is 0 Å². The van der Waals surface area contributed by atoms with Crippen molar-refractivity contribution in [2.45, 2.75) is 71.1 Å². The lowest BCUT2D eigenvalue weighted by molar-refractivity contribution is -0.143. The van der Waals surface area contributed by atoms with E-state index in [0.29, 0.717) is 13.0 Å². The van der Waals surface area contributed by atoms with Crippen molar-refractivity contribution in [1.82, 2.24) is 0 Å². The van der Waals surface area contributed by atoms with Crippen molar-refractivity contribution in [3.8, 4) is 0 Å². The highest BCUT2D eigenvalue weighted by atomic mass is 32.1. The first-order valence-corrected chi connectivity index (χ1v) is 7.71. The molecule has 3 heteroatoms. The van der Waals surface area contributed by atoms with E-state index in [4.69, 9.17) is 4.74 Å². The summed E-state index contributed by atoms with van der Waals surface area (Å²) in [6.45, 7) is 2.76. The second-order valence-electron chi connectivity index (χ2n) is 4.52. The fraction of sp³-hybridized carbons (Fsp3) is 0.929. The highest BCUT2D eigenvalue weighted by Gasteiger charge is 2.01.